The number of sulfonamides is 1. The van der Waals surface area contributed by atoms with Crippen LogP contribution in [-0.2, 0) is 27.9 Å². The maximum atomic E-state index is 13.7. The largest absolute Gasteiger partial charge is 0.488 e. The van der Waals surface area contributed by atoms with Gasteiger partial charge in [0.15, 0.2) is 0 Å². The molecule has 0 aliphatic carbocycles. The van der Waals surface area contributed by atoms with Gasteiger partial charge in [0.25, 0.3) is 0 Å². The number of rotatable bonds is 8. The van der Waals surface area contributed by atoms with Gasteiger partial charge in [0.1, 0.15) is 22.3 Å². The summed E-state index contributed by atoms with van der Waals surface area (Å²) in [6.07, 6.45) is 0.307. The van der Waals surface area contributed by atoms with Gasteiger partial charge in [-0.3, -0.25) is 4.79 Å². The van der Waals surface area contributed by atoms with Crippen molar-refractivity contribution in [3.8, 4) is 5.75 Å². The Balaban J connectivity index is 1.53. The van der Waals surface area contributed by atoms with E-state index in [-0.39, 0.29) is 30.5 Å². The van der Waals surface area contributed by atoms with Crippen LogP contribution in [0.2, 0.25) is 0 Å². The summed E-state index contributed by atoms with van der Waals surface area (Å²) in [5, 5.41) is 18.4. The maximum absolute atomic E-state index is 13.7. The zero-order valence-electron chi connectivity index (χ0n) is 22.4. The number of carboxylic acids is 1. The number of ether oxygens (including phenoxy) is 1. The zero-order valence-corrected chi connectivity index (χ0v) is 24.1. The van der Waals surface area contributed by atoms with Gasteiger partial charge in [-0.05, 0) is 68.1 Å². The van der Waals surface area contributed by atoms with Gasteiger partial charge in [0, 0.05) is 28.8 Å². The molecule has 2 aromatic carbocycles. The van der Waals surface area contributed by atoms with Gasteiger partial charge < -0.3 is 9.84 Å². The summed E-state index contributed by atoms with van der Waals surface area (Å²) in [5.74, 6) is -0.926. The second-order valence-electron chi connectivity index (χ2n) is 9.83. The average molecular weight is 569 g/mol. The summed E-state index contributed by atoms with van der Waals surface area (Å²) in [6.45, 7) is 8.99. The molecule has 0 bridgehead atoms. The highest BCUT2D eigenvalue weighted by Gasteiger charge is 2.35. The molecule has 206 valence electrons. The summed E-state index contributed by atoms with van der Waals surface area (Å²) in [4.78, 5) is 14.0. The first-order chi connectivity index (χ1) is 18.6. The first kappa shape index (κ1) is 27.3. The summed E-state index contributed by atoms with van der Waals surface area (Å²) in [5.41, 5.74) is 4.32. The molecule has 1 unspecified atom stereocenters. The lowest BCUT2D eigenvalue weighted by molar-refractivity contribution is -0.137. The standard InChI is InChI=1S/C28H32N4O5S2/c1-5-20-16-31(39(35,36)26-10-8-7-9-24(26)37-20)15-19-13-25(38-18(19)4)22(14-27(33)34)21-11-12-23-28(17(21)3)29-30-32(23)6-2/h7-13,20,22H,5-6,14-16H2,1-4H3,(H,33,34)/t20-,22?/m1/s1. The van der Waals surface area contributed by atoms with Crippen LogP contribution in [0.4, 0.5) is 0 Å². The molecule has 0 saturated heterocycles. The van der Waals surface area contributed by atoms with Crippen molar-refractivity contribution >= 4 is 38.4 Å². The summed E-state index contributed by atoms with van der Waals surface area (Å²) in [6, 6.07) is 12.6. The second-order valence-corrected chi connectivity index (χ2v) is 13.0. The fourth-order valence-electron chi connectivity index (χ4n) is 5.20. The molecule has 1 N–H and O–H groups in total. The third-order valence-electron chi connectivity index (χ3n) is 7.39. The van der Waals surface area contributed by atoms with Crippen LogP contribution in [0.25, 0.3) is 11.0 Å². The van der Waals surface area contributed by atoms with E-state index in [1.807, 2.05) is 50.6 Å². The van der Waals surface area contributed by atoms with E-state index < -0.39 is 21.9 Å². The monoisotopic (exact) mass is 568 g/mol. The predicted octanol–water partition coefficient (Wildman–Crippen LogP) is 5.10. The van der Waals surface area contributed by atoms with Crippen LogP contribution in [-0.4, -0.2) is 51.4 Å². The normalized spacial score (nSPS) is 17.9. The molecule has 4 aromatic rings. The van der Waals surface area contributed by atoms with E-state index in [0.717, 1.165) is 37.5 Å². The molecule has 11 heteroatoms. The first-order valence-electron chi connectivity index (χ1n) is 13.0. The smallest absolute Gasteiger partial charge is 0.304 e. The number of aliphatic carboxylic acids is 1. The molecule has 0 radical (unpaired) electrons. The number of thiophene rings is 1. The minimum atomic E-state index is -3.79. The first-order valence-corrected chi connectivity index (χ1v) is 15.3. The van der Waals surface area contributed by atoms with Crippen molar-refractivity contribution in [2.45, 2.75) is 70.5 Å². The van der Waals surface area contributed by atoms with Gasteiger partial charge in [-0.15, -0.1) is 16.4 Å². The van der Waals surface area contributed by atoms with Crippen molar-refractivity contribution in [3.05, 3.63) is 68.9 Å². The number of aromatic nitrogens is 3. The second kappa shape index (κ2) is 10.7. The maximum Gasteiger partial charge on any atom is 0.304 e. The molecule has 0 saturated carbocycles. The van der Waals surface area contributed by atoms with Gasteiger partial charge >= 0.3 is 5.97 Å². The number of carbonyl (C=O) groups is 1. The Kier molecular flexibility index (Phi) is 7.49. The quantitative estimate of drug-likeness (QED) is 0.315. The number of aryl methyl sites for hydroxylation is 3. The lowest BCUT2D eigenvalue weighted by Crippen LogP contribution is -2.36. The molecule has 5 rings (SSSR count). The van der Waals surface area contributed by atoms with Crippen LogP contribution in [0, 0.1) is 13.8 Å². The highest BCUT2D eigenvalue weighted by molar-refractivity contribution is 7.89. The Hall–Kier alpha value is -3.28. The number of fused-ring (bicyclic) bond motifs is 2. The van der Waals surface area contributed by atoms with Crippen molar-refractivity contribution in [2.75, 3.05) is 6.54 Å². The highest BCUT2D eigenvalue weighted by Crippen LogP contribution is 2.39. The fraction of sp³-hybridized carbons (Fsp3) is 0.393. The van der Waals surface area contributed by atoms with Crippen molar-refractivity contribution < 1.29 is 23.1 Å². The third-order valence-corrected chi connectivity index (χ3v) is 10.4. The van der Waals surface area contributed by atoms with E-state index in [1.165, 1.54) is 15.6 Å². The Bertz CT molecular complexity index is 1640. The van der Waals surface area contributed by atoms with E-state index in [1.54, 1.807) is 24.3 Å². The number of carboxylic acid groups (broad SMARTS) is 1. The number of para-hydroxylation sites is 1. The van der Waals surface area contributed by atoms with Crippen LogP contribution < -0.4 is 4.74 Å². The Morgan fingerprint density at radius 1 is 1.21 bits per heavy atom. The zero-order chi connectivity index (χ0) is 27.9. The number of hydrogen-bond donors (Lipinski definition) is 1. The van der Waals surface area contributed by atoms with E-state index in [0.29, 0.717) is 18.7 Å². The summed E-state index contributed by atoms with van der Waals surface area (Å²) >= 11 is 1.51. The lowest BCUT2D eigenvalue weighted by Gasteiger charge is -2.22. The van der Waals surface area contributed by atoms with Gasteiger partial charge in [0.05, 0.1) is 18.5 Å². The van der Waals surface area contributed by atoms with Crippen LogP contribution in [0.1, 0.15) is 59.1 Å². The van der Waals surface area contributed by atoms with Crippen molar-refractivity contribution in [2.24, 2.45) is 0 Å². The van der Waals surface area contributed by atoms with Gasteiger partial charge in [0.2, 0.25) is 10.0 Å². The molecule has 39 heavy (non-hydrogen) atoms. The minimum absolute atomic E-state index is 0.0885. The molecule has 2 aromatic heterocycles. The Morgan fingerprint density at radius 2 is 1.97 bits per heavy atom. The van der Waals surface area contributed by atoms with E-state index >= 15 is 0 Å². The van der Waals surface area contributed by atoms with Crippen molar-refractivity contribution in [1.82, 2.24) is 19.3 Å². The molecule has 0 fully saturated rings. The van der Waals surface area contributed by atoms with Crippen LogP contribution in [0.15, 0.2) is 47.4 Å². The van der Waals surface area contributed by atoms with Crippen LogP contribution >= 0.6 is 11.3 Å². The molecule has 9 nitrogen and oxygen atoms in total. The van der Waals surface area contributed by atoms with Crippen molar-refractivity contribution in [3.63, 3.8) is 0 Å². The number of nitrogens with zero attached hydrogens (tertiary/aromatic N) is 4. The molecule has 0 amide bonds. The van der Waals surface area contributed by atoms with E-state index in [9.17, 15) is 18.3 Å². The fourth-order valence-corrected chi connectivity index (χ4v) is 7.93. The van der Waals surface area contributed by atoms with Crippen molar-refractivity contribution in [1.29, 1.82) is 0 Å². The minimum Gasteiger partial charge on any atom is -0.488 e. The van der Waals surface area contributed by atoms with Gasteiger partial charge in [-0.1, -0.05) is 30.3 Å². The Morgan fingerprint density at radius 3 is 2.69 bits per heavy atom. The molecule has 1 aliphatic rings. The predicted molar refractivity (Wildman–Crippen MR) is 150 cm³/mol. The van der Waals surface area contributed by atoms with E-state index in [2.05, 4.69) is 10.3 Å². The molecule has 0 spiro atoms. The van der Waals surface area contributed by atoms with E-state index in [4.69, 9.17) is 4.74 Å². The SMILES string of the molecule is CC[C@@H]1CN(Cc2cc(C(CC(=O)O)c3ccc4c(nnn4CC)c3C)sc2C)S(=O)(=O)c2ccccc2O1. The summed E-state index contributed by atoms with van der Waals surface area (Å²) in [7, 11) is -3.79. The number of hydrogen-bond acceptors (Lipinski definition) is 7. The third kappa shape index (κ3) is 5.06. The highest BCUT2D eigenvalue weighted by atomic mass is 32.2. The molecule has 2 atom stereocenters. The number of benzene rings is 2. The molecular weight excluding hydrogens is 536 g/mol. The molecule has 1 aliphatic heterocycles. The van der Waals surface area contributed by atoms with Gasteiger partial charge in [-0.2, -0.15) is 4.31 Å². The molecule has 3 heterocycles. The topological polar surface area (TPSA) is 115 Å². The van der Waals surface area contributed by atoms with Crippen LogP contribution in [0.5, 0.6) is 5.75 Å². The Labute approximate surface area is 232 Å². The van der Waals surface area contributed by atoms with Gasteiger partial charge in [-0.25, -0.2) is 13.1 Å². The summed E-state index contributed by atoms with van der Waals surface area (Å²) < 4.78 is 36.7. The average Bonchev–Trinajstić information content (AvgIpc) is 3.47. The lowest BCUT2D eigenvalue weighted by atomic mass is 9.89. The molecular formula is C28H32N4O5S2. The van der Waals surface area contributed by atoms with Crippen LogP contribution in [0.3, 0.4) is 0 Å².